The molecule has 156 valence electrons. The van der Waals surface area contributed by atoms with Crippen molar-refractivity contribution >= 4 is 35.7 Å². The average molecular weight is 417 g/mol. The monoisotopic (exact) mass is 416 g/mol. The second-order valence-electron chi connectivity index (χ2n) is 8.09. The molecule has 0 aliphatic carbocycles. The van der Waals surface area contributed by atoms with Crippen molar-refractivity contribution in [3.05, 3.63) is 59.7 Å². The Hall–Kier alpha value is -2.57. The number of hydrogen-bond acceptors (Lipinski definition) is 3. The van der Waals surface area contributed by atoms with E-state index in [4.69, 9.17) is 5.73 Å². The number of benzene rings is 2. The van der Waals surface area contributed by atoms with Gasteiger partial charge in [0.05, 0.1) is 0 Å². The second kappa shape index (κ2) is 9.29. The number of nitrogens with two attached hydrogens (primary N) is 1. The summed E-state index contributed by atoms with van der Waals surface area (Å²) in [5.74, 6) is -0.0357. The molecule has 1 saturated heterocycles. The summed E-state index contributed by atoms with van der Waals surface area (Å²) < 4.78 is 0. The van der Waals surface area contributed by atoms with Crippen molar-refractivity contribution < 1.29 is 9.59 Å². The average Bonchev–Trinajstić information content (AvgIpc) is 2.66. The van der Waals surface area contributed by atoms with Gasteiger partial charge in [0.2, 0.25) is 0 Å². The van der Waals surface area contributed by atoms with E-state index >= 15 is 0 Å². The van der Waals surface area contributed by atoms with Crippen LogP contribution in [-0.4, -0.2) is 36.0 Å². The number of para-hydroxylation sites is 1. The third-order valence-electron chi connectivity index (χ3n) is 5.36. The van der Waals surface area contributed by atoms with Crippen LogP contribution in [0.5, 0.6) is 0 Å². The molecule has 3 rings (SSSR count). The molecule has 29 heavy (non-hydrogen) atoms. The molecule has 0 radical (unpaired) electrons. The summed E-state index contributed by atoms with van der Waals surface area (Å²) in [5, 5.41) is 5.63. The molecule has 0 saturated carbocycles. The molecule has 4 N–H and O–H groups in total. The maximum atomic E-state index is 13.0. The van der Waals surface area contributed by atoms with Crippen molar-refractivity contribution in [1.82, 2.24) is 4.90 Å². The highest BCUT2D eigenvalue weighted by Crippen LogP contribution is 2.29. The van der Waals surface area contributed by atoms with Crippen molar-refractivity contribution in [3.63, 3.8) is 0 Å². The van der Waals surface area contributed by atoms with Gasteiger partial charge < -0.3 is 21.3 Å². The van der Waals surface area contributed by atoms with E-state index in [1.807, 2.05) is 48.2 Å². The number of carbonyl (C=O) groups excluding carboxylic acids is 2. The maximum absolute atomic E-state index is 13.0. The van der Waals surface area contributed by atoms with Gasteiger partial charge in [0.15, 0.2) is 0 Å². The standard InChI is InChI=1S/C22H28N4O2.ClH/c1-15-9-10-16(20(27)26-12-11-19(23)22(2,3)14-26)13-18(15)25-21(28)24-17-7-5-4-6-8-17;/h4-10,13,19H,11-12,14,23H2,1-3H3,(H2,24,25,28);1H. The Morgan fingerprint density at radius 2 is 1.79 bits per heavy atom. The summed E-state index contributed by atoms with van der Waals surface area (Å²) in [6.07, 6.45) is 0.787. The number of hydrogen-bond donors (Lipinski definition) is 3. The molecule has 1 heterocycles. The fraction of sp³-hybridized carbons (Fsp3) is 0.364. The number of anilines is 2. The zero-order chi connectivity index (χ0) is 20.3. The van der Waals surface area contributed by atoms with Gasteiger partial charge in [0.1, 0.15) is 0 Å². The minimum Gasteiger partial charge on any atom is -0.338 e. The van der Waals surface area contributed by atoms with Crippen LogP contribution in [0.25, 0.3) is 0 Å². The number of nitrogens with one attached hydrogen (secondary N) is 2. The van der Waals surface area contributed by atoms with Crippen LogP contribution in [0.15, 0.2) is 48.5 Å². The van der Waals surface area contributed by atoms with Crippen LogP contribution < -0.4 is 16.4 Å². The smallest absolute Gasteiger partial charge is 0.323 e. The third-order valence-corrected chi connectivity index (χ3v) is 5.36. The van der Waals surface area contributed by atoms with Crippen LogP contribution in [0.3, 0.4) is 0 Å². The van der Waals surface area contributed by atoms with E-state index in [-0.39, 0.29) is 35.8 Å². The maximum Gasteiger partial charge on any atom is 0.323 e. The molecule has 1 aliphatic rings. The number of nitrogens with zero attached hydrogens (tertiary/aromatic N) is 1. The largest absolute Gasteiger partial charge is 0.338 e. The number of likely N-dealkylation sites (tertiary alicyclic amines) is 1. The van der Waals surface area contributed by atoms with Crippen molar-refractivity contribution in [2.45, 2.75) is 33.2 Å². The molecule has 3 amide bonds. The summed E-state index contributed by atoms with van der Waals surface area (Å²) in [4.78, 5) is 27.1. The minimum atomic E-state index is -0.344. The van der Waals surface area contributed by atoms with Crippen LogP contribution in [0, 0.1) is 12.3 Å². The lowest BCUT2D eigenvalue weighted by atomic mass is 9.79. The number of rotatable bonds is 3. The molecule has 1 unspecified atom stereocenters. The lowest BCUT2D eigenvalue weighted by molar-refractivity contribution is 0.0533. The van der Waals surface area contributed by atoms with Gasteiger partial charge in [-0.3, -0.25) is 4.79 Å². The van der Waals surface area contributed by atoms with Crippen molar-refractivity contribution in [3.8, 4) is 0 Å². The van der Waals surface area contributed by atoms with Crippen LogP contribution in [0.2, 0.25) is 0 Å². The van der Waals surface area contributed by atoms with Gasteiger partial charge >= 0.3 is 6.03 Å². The van der Waals surface area contributed by atoms with E-state index in [9.17, 15) is 9.59 Å². The molecule has 1 aliphatic heterocycles. The summed E-state index contributed by atoms with van der Waals surface area (Å²) >= 11 is 0. The topological polar surface area (TPSA) is 87.5 Å². The zero-order valence-corrected chi connectivity index (χ0v) is 17.9. The van der Waals surface area contributed by atoms with Gasteiger partial charge in [0, 0.05) is 36.1 Å². The number of piperidine rings is 1. The van der Waals surface area contributed by atoms with Crippen molar-refractivity contribution in [1.29, 1.82) is 0 Å². The number of urea groups is 1. The molecule has 1 fully saturated rings. The Kier molecular flexibility index (Phi) is 7.27. The van der Waals surface area contributed by atoms with Crippen molar-refractivity contribution in [2.75, 3.05) is 23.7 Å². The number of halogens is 1. The number of carbonyl (C=O) groups is 2. The first-order chi connectivity index (χ1) is 13.3. The van der Waals surface area contributed by atoms with Crippen LogP contribution in [0.4, 0.5) is 16.2 Å². The molecular formula is C22H29ClN4O2. The Bertz CT molecular complexity index is 870. The molecule has 0 aromatic heterocycles. The van der Waals surface area contributed by atoms with E-state index in [0.717, 1.165) is 12.0 Å². The molecule has 2 aromatic rings. The van der Waals surface area contributed by atoms with Gasteiger partial charge in [-0.05, 0) is 48.6 Å². The molecule has 0 spiro atoms. The van der Waals surface area contributed by atoms with E-state index in [1.165, 1.54) is 0 Å². The van der Waals surface area contributed by atoms with E-state index < -0.39 is 0 Å². The summed E-state index contributed by atoms with van der Waals surface area (Å²) in [7, 11) is 0. The van der Waals surface area contributed by atoms with Crippen LogP contribution in [0.1, 0.15) is 36.2 Å². The molecule has 7 heteroatoms. The Balaban J connectivity index is 0.00000300. The predicted octanol–water partition coefficient (Wildman–Crippen LogP) is 4.26. The predicted molar refractivity (Wildman–Crippen MR) is 120 cm³/mol. The number of aryl methyl sites for hydroxylation is 1. The first-order valence-corrected chi connectivity index (χ1v) is 9.55. The molecule has 6 nitrogen and oxygen atoms in total. The molecule has 0 bridgehead atoms. The van der Waals surface area contributed by atoms with Crippen LogP contribution >= 0.6 is 12.4 Å². The second-order valence-corrected chi connectivity index (χ2v) is 8.09. The van der Waals surface area contributed by atoms with Gasteiger partial charge in [0.25, 0.3) is 5.91 Å². The normalized spacial score (nSPS) is 17.8. The Morgan fingerprint density at radius 3 is 2.45 bits per heavy atom. The summed E-state index contributed by atoms with van der Waals surface area (Å²) in [5.41, 5.74) is 8.84. The fourth-order valence-corrected chi connectivity index (χ4v) is 3.43. The van der Waals surface area contributed by atoms with E-state index in [1.54, 1.807) is 12.1 Å². The molecule has 2 aromatic carbocycles. The molecule has 1 atom stereocenters. The highest BCUT2D eigenvalue weighted by atomic mass is 35.5. The molecular weight excluding hydrogens is 388 g/mol. The third kappa shape index (κ3) is 5.49. The quantitative estimate of drug-likeness (QED) is 0.698. The van der Waals surface area contributed by atoms with Gasteiger partial charge in [-0.1, -0.05) is 38.1 Å². The van der Waals surface area contributed by atoms with Gasteiger partial charge in [-0.2, -0.15) is 0 Å². The van der Waals surface area contributed by atoms with Gasteiger partial charge in [-0.25, -0.2) is 4.79 Å². The minimum absolute atomic E-state index is 0. The Morgan fingerprint density at radius 1 is 1.10 bits per heavy atom. The SMILES string of the molecule is Cc1ccc(C(=O)N2CCC(N)C(C)(C)C2)cc1NC(=O)Nc1ccccc1.Cl. The zero-order valence-electron chi connectivity index (χ0n) is 17.1. The van der Waals surface area contributed by atoms with Crippen molar-refractivity contribution in [2.24, 2.45) is 11.1 Å². The first kappa shape index (κ1) is 22.7. The lowest BCUT2D eigenvalue weighted by Gasteiger charge is -2.42. The summed E-state index contributed by atoms with van der Waals surface area (Å²) in [6, 6.07) is 14.4. The number of amides is 3. The highest BCUT2D eigenvalue weighted by molar-refractivity contribution is 6.02. The fourth-order valence-electron chi connectivity index (χ4n) is 3.43. The highest BCUT2D eigenvalue weighted by Gasteiger charge is 2.35. The van der Waals surface area contributed by atoms with Crippen LogP contribution in [-0.2, 0) is 0 Å². The first-order valence-electron chi connectivity index (χ1n) is 9.55. The summed E-state index contributed by atoms with van der Waals surface area (Å²) in [6.45, 7) is 7.35. The van der Waals surface area contributed by atoms with E-state index in [2.05, 4.69) is 24.5 Å². The van der Waals surface area contributed by atoms with Gasteiger partial charge in [-0.15, -0.1) is 12.4 Å². The van der Waals surface area contributed by atoms with E-state index in [0.29, 0.717) is 30.0 Å². The Labute approximate surface area is 178 Å². The lowest BCUT2D eigenvalue weighted by Crippen LogP contribution is -2.54.